The first-order chi connectivity index (χ1) is 8.99. The minimum Gasteiger partial charge on any atom is -0.508 e. The van der Waals surface area contributed by atoms with Gasteiger partial charge in [0.15, 0.2) is 0 Å². The summed E-state index contributed by atoms with van der Waals surface area (Å²) in [7, 11) is 0. The van der Waals surface area contributed by atoms with Crippen LogP contribution in [0.15, 0.2) is 36.4 Å². The van der Waals surface area contributed by atoms with E-state index in [-0.39, 0.29) is 23.3 Å². The number of aromatic hydroxyl groups is 3. The van der Waals surface area contributed by atoms with Crippen molar-refractivity contribution in [3.05, 3.63) is 47.5 Å². The molecule has 0 aliphatic rings. The lowest BCUT2D eigenvalue weighted by atomic mass is 10.0. The molecule has 100 valence electrons. The van der Waals surface area contributed by atoms with Crippen molar-refractivity contribution in [2.24, 2.45) is 0 Å². The zero-order valence-electron chi connectivity index (χ0n) is 10.9. The normalized spacial score (nSPS) is 12.1. The number of benzene rings is 2. The highest BCUT2D eigenvalue weighted by Gasteiger charge is 2.15. The molecule has 0 fully saturated rings. The SMILES string of the molecule is Cc1cc(O)ccc1NC(C)c1c(O)cccc1O. The topological polar surface area (TPSA) is 72.7 Å². The van der Waals surface area contributed by atoms with E-state index in [1.54, 1.807) is 24.3 Å². The van der Waals surface area contributed by atoms with Crippen LogP contribution < -0.4 is 5.32 Å². The fourth-order valence-corrected chi connectivity index (χ4v) is 2.10. The van der Waals surface area contributed by atoms with Gasteiger partial charge in [-0.3, -0.25) is 0 Å². The van der Waals surface area contributed by atoms with Crippen molar-refractivity contribution in [1.29, 1.82) is 0 Å². The second kappa shape index (κ2) is 5.10. The molecule has 4 heteroatoms. The maximum absolute atomic E-state index is 9.81. The summed E-state index contributed by atoms with van der Waals surface area (Å²) in [6.45, 7) is 3.72. The van der Waals surface area contributed by atoms with Crippen molar-refractivity contribution in [3.63, 3.8) is 0 Å². The van der Waals surface area contributed by atoms with E-state index in [0.29, 0.717) is 5.56 Å². The van der Waals surface area contributed by atoms with Crippen LogP contribution in [0, 0.1) is 6.92 Å². The van der Waals surface area contributed by atoms with Crippen molar-refractivity contribution in [2.45, 2.75) is 19.9 Å². The highest BCUT2D eigenvalue weighted by atomic mass is 16.3. The highest BCUT2D eigenvalue weighted by Crippen LogP contribution is 2.34. The number of hydrogen-bond acceptors (Lipinski definition) is 4. The van der Waals surface area contributed by atoms with E-state index in [1.165, 1.54) is 12.1 Å². The molecule has 2 rings (SSSR count). The molecule has 0 saturated carbocycles. The Morgan fingerprint density at radius 3 is 2.21 bits per heavy atom. The summed E-state index contributed by atoms with van der Waals surface area (Å²) < 4.78 is 0. The fourth-order valence-electron chi connectivity index (χ4n) is 2.10. The molecule has 0 aromatic heterocycles. The molecule has 0 radical (unpaired) electrons. The van der Waals surface area contributed by atoms with Gasteiger partial charge in [-0.05, 0) is 49.7 Å². The largest absolute Gasteiger partial charge is 0.508 e. The van der Waals surface area contributed by atoms with Crippen LogP contribution in [0.3, 0.4) is 0 Å². The van der Waals surface area contributed by atoms with Crippen LogP contribution in [0.1, 0.15) is 24.1 Å². The average molecular weight is 259 g/mol. The third-order valence-electron chi connectivity index (χ3n) is 3.08. The molecule has 2 aromatic rings. The first-order valence-electron chi connectivity index (χ1n) is 6.06. The molecule has 0 saturated heterocycles. The molecule has 0 aliphatic heterocycles. The van der Waals surface area contributed by atoms with E-state index >= 15 is 0 Å². The molecular formula is C15H17NO3. The van der Waals surface area contributed by atoms with Crippen molar-refractivity contribution >= 4 is 5.69 Å². The van der Waals surface area contributed by atoms with E-state index in [9.17, 15) is 15.3 Å². The standard InChI is InChI=1S/C15H17NO3/c1-9-8-11(17)6-7-12(9)16-10(2)15-13(18)4-3-5-14(15)19/h3-8,10,16-19H,1-2H3. The molecule has 1 atom stereocenters. The van der Waals surface area contributed by atoms with Gasteiger partial charge < -0.3 is 20.6 Å². The second-order valence-corrected chi connectivity index (χ2v) is 4.58. The Hall–Kier alpha value is -2.36. The van der Waals surface area contributed by atoms with Gasteiger partial charge in [0.2, 0.25) is 0 Å². The quantitative estimate of drug-likeness (QED) is 0.638. The number of hydrogen-bond donors (Lipinski definition) is 4. The Balaban J connectivity index is 2.28. The fraction of sp³-hybridized carbons (Fsp3) is 0.200. The Bertz CT molecular complexity index is 576. The van der Waals surface area contributed by atoms with Gasteiger partial charge in [0.05, 0.1) is 11.6 Å². The van der Waals surface area contributed by atoms with Gasteiger partial charge >= 0.3 is 0 Å². The lowest BCUT2D eigenvalue weighted by Gasteiger charge is -2.19. The zero-order valence-corrected chi connectivity index (χ0v) is 10.9. The van der Waals surface area contributed by atoms with Crippen LogP contribution in [0.25, 0.3) is 0 Å². The maximum atomic E-state index is 9.81. The molecular weight excluding hydrogens is 242 g/mol. The van der Waals surface area contributed by atoms with Gasteiger partial charge in [-0.25, -0.2) is 0 Å². The number of aryl methyl sites for hydroxylation is 1. The van der Waals surface area contributed by atoms with Gasteiger partial charge in [-0.2, -0.15) is 0 Å². The number of phenolic OH excluding ortho intramolecular Hbond substituents is 3. The van der Waals surface area contributed by atoms with E-state index < -0.39 is 0 Å². The van der Waals surface area contributed by atoms with E-state index in [4.69, 9.17) is 0 Å². The van der Waals surface area contributed by atoms with Crippen molar-refractivity contribution in [1.82, 2.24) is 0 Å². The molecule has 4 nitrogen and oxygen atoms in total. The van der Waals surface area contributed by atoms with Crippen LogP contribution in [0.5, 0.6) is 17.2 Å². The minimum absolute atomic E-state index is 0.0523. The Labute approximate surface area is 112 Å². The third kappa shape index (κ3) is 2.73. The Morgan fingerprint density at radius 1 is 1.00 bits per heavy atom. The molecule has 1 unspecified atom stereocenters. The predicted octanol–water partition coefficient (Wildman–Crippen LogP) is 3.28. The summed E-state index contributed by atoms with van der Waals surface area (Å²) in [6.07, 6.45) is 0. The van der Waals surface area contributed by atoms with Crippen LogP contribution >= 0.6 is 0 Å². The molecule has 2 aromatic carbocycles. The van der Waals surface area contributed by atoms with Crippen molar-refractivity contribution < 1.29 is 15.3 Å². The molecule has 0 heterocycles. The van der Waals surface area contributed by atoms with Gasteiger partial charge in [0.1, 0.15) is 17.2 Å². The molecule has 0 bridgehead atoms. The number of nitrogens with one attached hydrogen (secondary N) is 1. The third-order valence-corrected chi connectivity index (χ3v) is 3.08. The minimum atomic E-state index is -0.260. The van der Waals surface area contributed by atoms with E-state index in [0.717, 1.165) is 11.3 Å². The van der Waals surface area contributed by atoms with Crippen molar-refractivity contribution in [2.75, 3.05) is 5.32 Å². The Kier molecular flexibility index (Phi) is 3.51. The van der Waals surface area contributed by atoms with Crippen LogP contribution in [0.4, 0.5) is 5.69 Å². The lowest BCUT2D eigenvalue weighted by molar-refractivity contribution is 0.434. The molecule has 0 amide bonds. The summed E-state index contributed by atoms with van der Waals surface area (Å²) in [4.78, 5) is 0. The second-order valence-electron chi connectivity index (χ2n) is 4.58. The van der Waals surface area contributed by atoms with E-state index in [1.807, 2.05) is 13.8 Å². The first kappa shape index (κ1) is 13.1. The maximum Gasteiger partial charge on any atom is 0.124 e. The van der Waals surface area contributed by atoms with Crippen LogP contribution in [0.2, 0.25) is 0 Å². The average Bonchev–Trinajstić information content (AvgIpc) is 2.32. The number of anilines is 1. The van der Waals surface area contributed by atoms with E-state index in [2.05, 4.69) is 5.32 Å². The summed E-state index contributed by atoms with van der Waals surface area (Å²) in [5.74, 6) is 0.314. The Morgan fingerprint density at radius 2 is 1.63 bits per heavy atom. The number of phenols is 3. The summed E-state index contributed by atoms with van der Waals surface area (Å²) in [5.41, 5.74) is 2.18. The smallest absolute Gasteiger partial charge is 0.124 e. The first-order valence-corrected chi connectivity index (χ1v) is 6.06. The summed E-state index contributed by atoms with van der Waals surface area (Å²) in [6, 6.07) is 9.41. The highest BCUT2D eigenvalue weighted by molar-refractivity contribution is 5.56. The summed E-state index contributed by atoms with van der Waals surface area (Å²) >= 11 is 0. The van der Waals surface area contributed by atoms with Crippen LogP contribution in [-0.2, 0) is 0 Å². The van der Waals surface area contributed by atoms with Gasteiger partial charge in [0.25, 0.3) is 0 Å². The van der Waals surface area contributed by atoms with Gasteiger partial charge in [0, 0.05) is 5.69 Å². The molecule has 0 spiro atoms. The lowest BCUT2D eigenvalue weighted by Crippen LogP contribution is -2.08. The monoisotopic (exact) mass is 259 g/mol. The molecule has 0 aliphatic carbocycles. The zero-order chi connectivity index (χ0) is 14.0. The summed E-state index contributed by atoms with van der Waals surface area (Å²) in [5, 5.41) is 32.2. The van der Waals surface area contributed by atoms with Gasteiger partial charge in [-0.15, -0.1) is 0 Å². The van der Waals surface area contributed by atoms with Crippen molar-refractivity contribution in [3.8, 4) is 17.2 Å². The van der Waals surface area contributed by atoms with Crippen LogP contribution in [-0.4, -0.2) is 15.3 Å². The molecule has 4 N–H and O–H groups in total. The van der Waals surface area contributed by atoms with Gasteiger partial charge in [-0.1, -0.05) is 6.07 Å². The predicted molar refractivity (Wildman–Crippen MR) is 74.7 cm³/mol. The number of rotatable bonds is 3. The molecule has 19 heavy (non-hydrogen) atoms.